The minimum Gasteiger partial charge on any atom is -0.494 e. The van der Waals surface area contributed by atoms with Crippen LogP contribution in [0.15, 0.2) is 11.3 Å². The van der Waals surface area contributed by atoms with E-state index in [4.69, 9.17) is 4.74 Å². The Bertz CT molecular complexity index is 359. The molecule has 0 amide bonds. The number of allylic oxidation sites excluding steroid dienone is 1. The average Bonchev–Trinajstić information content (AvgIpc) is 3.07. The quantitative estimate of drug-likeness (QED) is 0.417. The van der Waals surface area contributed by atoms with E-state index in [-0.39, 0.29) is 0 Å². The van der Waals surface area contributed by atoms with E-state index in [9.17, 15) is 0 Å². The molecule has 0 aromatic carbocycles. The highest BCUT2D eigenvalue weighted by Crippen LogP contribution is 2.35. The van der Waals surface area contributed by atoms with Crippen LogP contribution in [0, 0.1) is 5.92 Å². The maximum atomic E-state index is 6.38. The van der Waals surface area contributed by atoms with Crippen LogP contribution in [0.4, 0.5) is 0 Å². The van der Waals surface area contributed by atoms with Crippen molar-refractivity contribution >= 4 is 0 Å². The molecule has 0 aromatic heterocycles. The summed E-state index contributed by atoms with van der Waals surface area (Å²) in [6.07, 6.45) is 16.3. The average molecular weight is 352 g/mol. The van der Waals surface area contributed by atoms with Crippen molar-refractivity contribution in [2.75, 3.05) is 20.1 Å². The third kappa shape index (κ3) is 8.62. The molecule has 0 spiro atoms. The van der Waals surface area contributed by atoms with Gasteiger partial charge in [0.1, 0.15) is 0 Å². The Hall–Kier alpha value is -0.500. The summed E-state index contributed by atoms with van der Waals surface area (Å²) in [5, 5.41) is 0. The van der Waals surface area contributed by atoms with Crippen molar-refractivity contribution in [1.29, 1.82) is 0 Å². The number of hydrogen-bond acceptors (Lipinski definition) is 2. The first kappa shape index (κ1) is 22.5. The van der Waals surface area contributed by atoms with Gasteiger partial charge in [-0.1, -0.05) is 72.6 Å². The Morgan fingerprint density at radius 2 is 1.60 bits per heavy atom. The summed E-state index contributed by atoms with van der Waals surface area (Å²) >= 11 is 0. The van der Waals surface area contributed by atoms with Crippen LogP contribution < -0.4 is 0 Å². The van der Waals surface area contributed by atoms with Crippen molar-refractivity contribution in [2.24, 2.45) is 5.92 Å². The molecule has 2 heterocycles. The minimum atomic E-state index is 0.501. The Labute approximate surface area is 158 Å². The van der Waals surface area contributed by atoms with Gasteiger partial charge in [0.15, 0.2) is 0 Å². The Morgan fingerprint density at radius 3 is 2.12 bits per heavy atom. The molecule has 25 heavy (non-hydrogen) atoms. The van der Waals surface area contributed by atoms with Gasteiger partial charge >= 0.3 is 0 Å². The number of rotatable bonds is 9. The van der Waals surface area contributed by atoms with E-state index < -0.39 is 0 Å². The maximum Gasteiger partial charge on any atom is 0.0999 e. The third-order valence-corrected chi connectivity index (χ3v) is 5.69. The third-order valence-electron chi connectivity index (χ3n) is 5.69. The fourth-order valence-electron chi connectivity index (χ4n) is 3.98. The zero-order chi connectivity index (χ0) is 18.5. The van der Waals surface area contributed by atoms with E-state index >= 15 is 0 Å². The molecule has 1 saturated heterocycles. The molecule has 2 atom stereocenters. The lowest BCUT2D eigenvalue weighted by atomic mass is 9.92. The molecule has 0 saturated carbocycles. The molecule has 0 aliphatic carbocycles. The molecular weight excluding hydrogens is 306 g/mol. The Kier molecular flexibility index (Phi) is 12.3. The second kappa shape index (κ2) is 13.7. The Balaban J connectivity index is 0.000000381. The lowest BCUT2D eigenvalue weighted by molar-refractivity contribution is 0.0605. The van der Waals surface area contributed by atoms with E-state index in [0.717, 1.165) is 0 Å². The van der Waals surface area contributed by atoms with Gasteiger partial charge in [-0.25, -0.2) is 0 Å². The molecule has 2 heteroatoms. The van der Waals surface area contributed by atoms with Crippen LogP contribution >= 0.6 is 0 Å². The summed E-state index contributed by atoms with van der Waals surface area (Å²) in [7, 11) is 2.23. The van der Waals surface area contributed by atoms with Gasteiger partial charge in [-0.05, 0) is 51.3 Å². The molecule has 1 fully saturated rings. The minimum absolute atomic E-state index is 0.501. The zero-order valence-corrected chi connectivity index (χ0v) is 17.9. The monoisotopic (exact) mass is 351 g/mol. The summed E-state index contributed by atoms with van der Waals surface area (Å²) < 4.78 is 6.38. The van der Waals surface area contributed by atoms with Crippen molar-refractivity contribution in [2.45, 2.75) is 111 Å². The molecule has 2 rings (SSSR count). The molecule has 0 bridgehead atoms. The summed E-state index contributed by atoms with van der Waals surface area (Å²) in [6, 6.07) is 0. The van der Waals surface area contributed by atoms with Gasteiger partial charge < -0.3 is 9.64 Å². The van der Waals surface area contributed by atoms with Crippen LogP contribution in [0.3, 0.4) is 0 Å². The first-order valence-electron chi connectivity index (χ1n) is 11.2. The van der Waals surface area contributed by atoms with Crippen LogP contribution in [0.1, 0.15) is 105 Å². The number of unbranched alkanes of at least 4 members (excludes halogenated alkanes) is 5. The maximum absolute atomic E-state index is 6.38. The van der Waals surface area contributed by atoms with Crippen molar-refractivity contribution in [1.82, 2.24) is 4.90 Å². The molecule has 0 N–H and O–H groups in total. The second-order valence-electron chi connectivity index (χ2n) is 8.05. The van der Waals surface area contributed by atoms with Gasteiger partial charge in [0.2, 0.25) is 0 Å². The van der Waals surface area contributed by atoms with Crippen LogP contribution in [0.2, 0.25) is 0 Å². The Morgan fingerprint density at radius 1 is 0.920 bits per heavy atom. The molecule has 2 unspecified atom stereocenters. The molecule has 0 radical (unpaired) electrons. The molecule has 2 aliphatic heterocycles. The first-order valence-corrected chi connectivity index (χ1v) is 11.2. The summed E-state index contributed by atoms with van der Waals surface area (Å²) in [6.45, 7) is 11.5. The molecule has 2 nitrogen and oxygen atoms in total. The largest absolute Gasteiger partial charge is 0.494 e. The predicted octanol–water partition coefficient (Wildman–Crippen LogP) is 6.95. The first-order chi connectivity index (χ1) is 12.2. The smallest absolute Gasteiger partial charge is 0.0999 e. The van der Waals surface area contributed by atoms with Crippen molar-refractivity contribution in [3.05, 3.63) is 11.3 Å². The van der Waals surface area contributed by atoms with Gasteiger partial charge in [-0.3, -0.25) is 0 Å². The standard InChI is InChI=1S/C16H29NO.C7H16/c1-4-6-7-15-9-8-13(5-2)16(18-15)14-10-11-17(3)12-14;1-3-5-7-6-4-2/h14-15H,4-12H2,1-3H3;3-7H2,1-2H3. The topological polar surface area (TPSA) is 12.5 Å². The number of hydrogen-bond donors (Lipinski definition) is 0. The number of ether oxygens (including phenoxy) is 1. The van der Waals surface area contributed by atoms with Crippen molar-refractivity contribution in [3.63, 3.8) is 0 Å². The van der Waals surface area contributed by atoms with Gasteiger partial charge in [-0.2, -0.15) is 0 Å². The van der Waals surface area contributed by atoms with Gasteiger partial charge in [0, 0.05) is 12.5 Å². The van der Waals surface area contributed by atoms with Crippen LogP contribution in [0.25, 0.3) is 0 Å². The van der Waals surface area contributed by atoms with Crippen molar-refractivity contribution in [3.8, 4) is 0 Å². The molecule has 148 valence electrons. The van der Waals surface area contributed by atoms with Crippen LogP contribution in [-0.2, 0) is 4.74 Å². The van der Waals surface area contributed by atoms with Crippen molar-refractivity contribution < 1.29 is 4.74 Å². The number of likely N-dealkylation sites (tertiary alicyclic amines) is 1. The highest BCUT2D eigenvalue weighted by molar-refractivity contribution is 5.16. The lowest BCUT2D eigenvalue weighted by Gasteiger charge is -2.31. The van der Waals surface area contributed by atoms with E-state index in [1.807, 2.05) is 0 Å². The summed E-state index contributed by atoms with van der Waals surface area (Å²) in [5.74, 6) is 2.06. The summed E-state index contributed by atoms with van der Waals surface area (Å²) in [4.78, 5) is 2.43. The van der Waals surface area contributed by atoms with Gasteiger partial charge in [-0.15, -0.1) is 0 Å². The second-order valence-corrected chi connectivity index (χ2v) is 8.05. The molecule has 0 aromatic rings. The molecule has 2 aliphatic rings. The molecular formula is C23H45NO. The van der Waals surface area contributed by atoms with E-state index in [1.54, 1.807) is 5.57 Å². The van der Waals surface area contributed by atoms with E-state index in [0.29, 0.717) is 12.0 Å². The SMILES string of the molecule is CCCCC1CCC(CC)=C(C2CCN(C)C2)O1.CCCCCCC. The van der Waals surface area contributed by atoms with Crippen LogP contribution in [0.5, 0.6) is 0 Å². The van der Waals surface area contributed by atoms with E-state index in [2.05, 4.69) is 39.6 Å². The van der Waals surface area contributed by atoms with Gasteiger partial charge in [0.25, 0.3) is 0 Å². The fourth-order valence-corrected chi connectivity index (χ4v) is 3.98. The fraction of sp³-hybridized carbons (Fsp3) is 0.913. The lowest BCUT2D eigenvalue weighted by Crippen LogP contribution is -2.24. The van der Waals surface area contributed by atoms with Gasteiger partial charge in [0.05, 0.1) is 11.9 Å². The van der Waals surface area contributed by atoms with Crippen LogP contribution in [-0.4, -0.2) is 31.1 Å². The number of nitrogens with zero attached hydrogens (tertiary/aromatic N) is 1. The van der Waals surface area contributed by atoms with E-state index in [1.165, 1.54) is 95.9 Å². The normalized spacial score (nSPS) is 24.0. The predicted molar refractivity (Wildman–Crippen MR) is 111 cm³/mol. The summed E-state index contributed by atoms with van der Waals surface area (Å²) in [5.41, 5.74) is 1.60. The zero-order valence-electron chi connectivity index (χ0n) is 17.9. The highest BCUT2D eigenvalue weighted by Gasteiger charge is 2.30. The highest BCUT2D eigenvalue weighted by atomic mass is 16.5.